The number of hydrogen-bond donors (Lipinski definition) is 2. The Balaban J connectivity index is 1.74. The lowest BCUT2D eigenvalue weighted by Crippen LogP contribution is -2.28. The van der Waals surface area contributed by atoms with Crippen LogP contribution in [0.5, 0.6) is 0 Å². The molecule has 1 aromatic carbocycles. The first kappa shape index (κ1) is 14.0. The topological polar surface area (TPSA) is 64.4 Å². The monoisotopic (exact) mass is 262 g/mol. The number of carbonyl (C=O) groups excluding carboxylic acids is 1. The van der Waals surface area contributed by atoms with Crippen molar-refractivity contribution >= 4 is 5.91 Å². The molecule has 19 heavy (non-hydrogen) atoms. The Hall–Kier alpha value is -1.39. The minimum Gasteiger partial charge on any atom is -0.378 e. The summed E-state index contributed by atoms with van der Waals surface area (Å²) in [6.45, 7) is 2.02. The van der Waals surface area contributed by atoms with Crippen molar-refractivity contribution in [1.82, 2.24) is 5.32 Å². The van der Waals surface area contributed by atoms with E-state index in [1.165, 1.54) is 0 Å². The van der Waals surface area contributed by atoms with Gasteiger partial charge in [0.25, 0.3) is 0 Å². The molecule has 0 bridgehead atoms. The number of ether oxygens (including phenoxy) is 1. The smallest absolute Gasteiger partial charge is 0.224 e. The van der Waals surface area contributed by atoms with Crippen molar-refractivity contribution in [1.29, 1.82) is 0 Å². The van der Waals surface area contributed by atoms with Crippen molar-refractivity contribution in [3.8, 4) is 0 Å². The second-order valence-corrected chi connectivity index (χ2v) is 4.92. The van der Waals surface area contributed by atoms with Crippen LogP contribution in [0.1, 0.15) is 30.4 Å². The quantitative estimate of drug-likeness (QED) is 0.814. The van der Waals surface area contributed by atoms with E-state index in [2.05, 4.69) is 5.32 Å². The fraction of sp³-hybridized carbons (Fsp3) is 0.533. The van der Waals surface area contributed by atoms with Crippen LogP contribution in [0.2, 0.25) is 0 Å². The van der Waals surface area contributed by atoms with E-state index in [0.29, 0.717) is 25.6 Å². The van der Waals surface area contributed by atoms with E-state index in [9.17, 15) is 4.79 Å². The maximum atomic E-state index is 11.9. The lowest BCUT2D eigenvalue weighted by Gasteiger charge is -2.11. The van der Waals surface area contributed by atoms with Crippen LogP contribution in [0.25, 0.3) is 0 Å². The van der Waals surface area contributed by atoms with Gasteiger partial charge in [0, 0.05) is 19.7 Å². The van der Waals surface area contributed by atoms with Crippen molar-refractivity contribution < 1.29 is 9.53 Å². The van der Waals surface area contributed by atoms with Gasteiger partial charge in [-0.1, -0.05) is 24.3 Å². The van der Waals surface area contributed by atoms with Crippen LogP contribution in [0.3, 0.4) is 0 Å². The lowest BCUT2D eigenvalue weighted by atomic mass is 10.0. The van der Waals surface area contributed by atoms with Crippen molar-refractivity contribution in [3.05, 3.63) is 35.4 Å². The molecule has 104 valence electrons. The summed E-state index contributed by atoms with van der Waals surface area (Å²) in [4.78, 5) is 11.9. The molecule has 1 aliphatic heterocycles. The predicted octanol–water partition coefficient (Wildman–Crippen LogP) is 1.37. The molecule has 1 aromatic rings. The molecule has 1 amide bonds. The Bertz CT molecular complexity index is 414. The second-order valence-electron chi connectivity index (χ2n) is 4.92. The molecular formula is C15H22N2O2. The first-order valence-electron chi connectivity index (χ1n) is 6.94. The first-order chi connectivity index (χ1) is 9.29. The summed E-state index contributed by atoms with van der Waals surface area (Å²) >= 11 is 0. The summed E-state index contributed by atoms with van der Waals surface area (Å²) < 4.78 is 5.52. The molecular weight excluding hydrogens is 240 g/mol. The highest BCUT2D eigenvalue weighted by molar-refractivity contribution is 5.78. The van der Waals surface area contributed by atoms with Crippen LogP contribution >= 0.6 is 0 Å². The van der Waals surface area contributed by atoms with E-state index in [1.54, 1.807) is 0 Å². The van der Waals surface area contributed by atoms with Crippen LogP contribution in [0.4, 0.5) is 0 Å². The summed E-state index contributed by atoms with van der Waals surface area (Å²) in [5.41, 5.74) is 7.71. The van der Waals surface area contributed by atoms with E-state index >= 15 is 0 Å². The van der Waals surface area contributed by atoms with E-state index in [0.717, 1.165) is 37.0 Å². The molecule has 1 saturated heterocycles. The number of rotatable bonds is 6. The molecule has 0 saturated carbocycles. The second kappa shape index (κ2) is 7.26. The molecule has 4 heteroatoms. The van der Waals surface area contributed by atoms with Gasteiger partial charge >= 0.3 is 0 Å². The first-order valence-corrected chi connectivity index (χ1v) is 6.94. The third-order valence-corrected chi connectivity index (χ3v) is 3.50. The van der Waals surface area contributed by atoms with Gasteiger partial charge in [-0.3, -0.25) is 4.79 Å². The molecule has 1 aliphatic rings. The van der Waals surface area contributed by atoms with Gasteiger partial charge in [0.2, 0.25) is 5.91 Å². The molecule has 1 heterocycles. The largest absolute Gasteiger partial charge is 0.378 e. The van der Waals surface area contributed by atoms with Crippen LogP contribution in [-0.2, 0) is 22.5 Å². The summed E-state index contributed by atoms with van der Waals surface area (Å²) in [5.74, 6) is 0.0545. The van der Waals surface area contributed by atoms with Crippen LogP contribution < -0.4 is 11.1 Å². The minimum absolute atomic E-state index is 0.0545. The zero-order chi connectivity index (χ0) is 13.5. The van der Waals surface area contributed by atoms with E-state index in [1.807, 2.05) is 24.3 Å². The average molecular weight is 262 g/mol. The standard InChI is InChI=1S/C15H22N2O2/c16-11-13-5-2-1-4-12(13)10-15(18)17-8-7-14-6-3-9-19-14/h1-2,4-5,14H,3,6-11,16H2,(H,17,18). The van der Waals surface area contributed by atoms with Crippen molar-refractivity contribution in [2.24, 2.45) is 5.73 Å². The van der Waals surface area contributed by atoms with E-state index in [4.69, 9.17) is 10.5 Å². The molecule has 2 rings (SSSR count). The normalized spacial score (nSPS) is 18.5. The number of hydrogen-bond acceptors (Lipinski definition) is 3. The molecule has 4 nitrogen and oxygen atoms in total. The summed E-state index contributed by atoms with van der Waals surface area (Å²) in [5, 5.41) is 2.95. The average Bonchev–Trinajstić information content (AvgIpc) is 2.92. The third kappa shape index (κ3) is 4.33. The van der Waals surface area contributed by atoms with Crippen LogP contribution in [0, 0.1) is 0 Å². The van der Waals surface area contributed by atoms with Gasteiger partial charge < -0.3 is 15.8 Å². The van der Waals surface area contributed by atoms with Crippen molar-refractivity contribution in [2.75, 3.05) is 13.2 Å². The van der Waals surface area contributed by atoms with Gasteiger partial charge in [-0.2, -0.15) is 0 Å². The fourth-order valence-electron chi connectivity index (χ4n) is 2.41. The molecule has 3 N–H and O–H groups in total. The van der Waals surface area contributed by atoms with E-state index < -0.39 is 0 Å². The number of nitrogens with two attached hydrogens (primary N) is 1. The van der Waals surface area contributed by atoms with Gasteiger partial charge in [0.05, 0.1) is 12.5 Å². The zero-order valence-corrected chi connectivity index (χ0v) is 11.2. The van der Waals surface area contributed by atoms with Gasteiger partial charge in [-0.25, -0.2) is 0 Å². The van der Waals surface area contributed by atoms with Gasteiger partial charge in [-0.15, -0.1) is 0 Å². The zero-order valence-electron chi connectivity index (χ0n) is 11.2. The highest BCUT2D eigenvalue weighted by Gasteiger charge is 2.15. The van der Waals surface area contributed by atoms with Crippen molar-refractivity contribution in [2.45, 2.75) is 38.3 Å². The molecule has 0 spiro atoms. The molecule has 0 radical (unpaired) electrons. The Labute approximate surface area is 114 Å². The fourth-order valence-corrected chi connectivity index (χ4v) is 2.41. The van der Waals surface area contributed by atoms with Crippen molar-refractivity contribution in [3.63, 3.8) is 0 Å². The van der Waals surface area contributed by atoms with Gasteiger partial charge in [0.1, 0.15) is 0 Å². The number of benzene rings is 1. The number of nitrogens with one attached hydrogen (secondary N) is 1. The lowest BCUT2D eigenvalue weighted by molar-refractivity contribution is -0.120. The molecule has 1 unspecified atom stereocenters. The Morgan fingerprint density at radius 1 is 1.37 bits per heavy atom. The summed E-state index contributed by atoms with van der Waals surface area (Å²) in [6.07, 6.45) is 3.90. The molecule has 0 aliphatic carbocycles. The minimum atomic E-state index is 0.0545. The Kier molecular flexibility index (Phi) is 5.36. The predicted molar refractivity (Wildman–Crippen MR) is 74.6 cm³/mol. The Morgan fingerprint density at radius 2 is 2.16 bits per heavy atom. The third-order valence-electron chi connectivity index (χ3n) is 3.50. The molecule has 0 aromatic heterocycles. The van der Waals surface area contributed by atoms with Crippen LogP contribution in [-0.4, -0.2) is 25.2 Å². The van der Waals surface area contributed by atoms with E-state index in [-0.39, 0.29) is 5.91 Å². The maximum absolute atomic E-state index is 11.9. The highest BCUT2D eigenvalue weighted by Crippen LogP contribution is 2.14. The Morgan fingerprint density at radius 3 is 2.84 bits per heavy atom. The maximum Gasteiger partial charge on any atom is 0.224 e. The summed E-state index contributed by atoms with van der Waals surface area (Å²) in [7, 11) is 0. The summed E-state index contributed by atoms with van der Waals surface area (Å²) in [6, 6.07) is 7.81. The van der Waals surface area contributed by atoms with Gasteiger partial charge in [0.15, 0.2) is 0 Å². The molecule has 1 fully saturated rings. The highest BCUT2D eigenvalue weighted by atomic mass is 16.5. The van der Waals surface area contributed by atoms with Crippen LogP contribution in [0.15, 0.2) is 24.3 Å². The van der Waals surface area contributed by atoms with Gasteiger partial charge in [-0.05, 0) is 30.4 Å². The number of carbonyl (C=O) groups is 1. The molecule has 1 atom stereocenters. The number of amides is 1. The SMILES string of the molecule is NCc1ccccc1CC(=O)NCCC1CCCO1.